The zero-order chi connectivity index (χ0) is 12.7. The summed E-state index contributed by atoms with van der Waals surface area (Å²) in [6.07, 6.45) is 3.12. The van der Waals surface area contributed by atoms with Crippen LogP contribution < -0.4 is 5.32 Å². The Hall–Kier alpha value is -2.08. The molecule has 1 fully saturated rings. The lowest BCUT2D eigenvalue weighted by molar-refractivity contribution is -0.115. The molecule has 0 unspecified atom stereocenters. The summed E-state index contributed by atoms with van der Waals surface area (Å²) in [6.45, 7) is 0. The van der Waals surface area contributed by atoms with Crippen LogP contribution in [0.1, 0.15) is 5.56 Å². The van der Waals surface area contributed by atoms with Crippen LogP contribution in [0.3, 0.4) is 0 Å². The minimum atomic E-state index is -0.448. The second kappa shape index (κ2) is 3.99. The van der Waals surface area contributed by atoms with Crippen molar-refractivity contribution in [2.75, 3.05) is 0 Å². The molecule has 2 aromatic rings. The van der Waals surface area contributed by atoms with E-state index < -0.39 is 11.1 Å². The summed E-state index contributed by atoms with van der Waals surface area (Å²) < 4.78 is 13.7. The molecule has 6 heteroatoms. The van der Waals surface area contributed by atoms with Crippen molar-refractivity contribution < 1.29 is 14.0 Å². The number of nitrogens with one attached hydrogen (secondary N) is 2. The number of aromatic nitrogens is 1. The summed E-state index contributed by atoms with van der Waals surface area (Å²) in [7, 11) is 0. The quantitative estimate of drug-likeness (QED) is 0.776. The standard InChI is InChI=1S/C12H7FN2O2S/c13-7-2-1-3-8-10(7)6(5-14-8)4-9-11(16)15-12(17)18-9/h1-5,14H,(H,15,16,17)/b9-4-. The Morgan fingerprint density at radius 1 is 1.28 bits per heavy atom. The van der Waals surface area contributed by atoms with E-state index in [4.69, 9.17) is 0 Å². The number of carbonyl (C=O) groups excluding carboxylic acids is 2. The van der Waals surface area contributed by atoms with E-state index in [9.17, 15) is 14.0 Å². The van der Waals surface area contributed by atoms with Gasteiger partial charge >= 0.3 is 0 Å². The smallest absolute Gasteiger partial charge is 0.290 e. The van der Waals surface area contributed by atoms with E-state index in [-0.39, 0.29) is 10.7 Å². The molecule has 2 heterocycles. The minimum Gasteiger partial charge on any atom is -0.360 e. The molecule has 4 nitrogen and oxygen atoms in total. The van der Waals surface area contributed by atoms with Crippen molar-refractivity contribution in [3.63, 3.8) is 0 Å². The largest absolute Gasteiger partial charge is 0.360 e. The van der Waals surface area contributed by atoms with Gasteiger partial charge in [-0.1, -0.05) is 6.07 Å². The van der Waals surface area contributed by atoms with Gasteiger partial charge in [-0.15, -0.1) is 0 Å². The summed E-state index contributed by atoms with van der Waals surface area (Å²) in [6, 6.07) is 4.70. The molecule has 1 aliphatic rings. The first kappa shape index (κ1) is 11.0. The number of carbonyl (C=O) groups is 2. The number of benzene rings is 1. The van der Waals surface area contributed by atoms with Crippen molar-refractivity contribution in [1.29, 1.82) is 0 Å². The molecule has 2 N–H and O–H groups in total. The Bertz CT molecular complexity index is 705. The van der Waals surface area contributed by atoms with Crippen molar-refractivity contribution >= 4 is 39.9 Å². The second-order valence-electron chi connectivity index (χ2n) is 3.76. The Morgan fingerprint density at radius 3 is 2.83 bits per heavy atom. The Kier molecular flexibility index (Phi) is 2.45. The van der Waals surface area contributed by atoms with Gasteiger partial charge in [0.25, 0.3) is 11.1 Å². The first-order chi connectivity index (χ1) is 8.65. The molecule has 1 aromatic carbocycles. The predicted octanol–water partition coefficient (Wildman–Crippen LogP) is 2.63. The molecular weight excluding hydrogens is 255 g/mol. The zero-order valence-corrected chi connectivity index (χ0v) is 9.81. The number of rotatable bonds is 1. The molecule has 0 aliphatic carbocycles. The zero-order valence-electron chi connectivity index (χ0n) is 8.99. The molecule has 2 amide bonds. The summed E-state index contributed by atoms with van der Waals surface area (Å²) in [5.74, 6) is -0.814. The lowest BCUT2D eigenvalue weighted by atomic mass is 10.1. The van der Waals surface area contributed by atoms with Crippen LogP contribution in [0.15, 0.2) is 29.3 Å². The lowest BCUT2D eigenvalue weighted by Gasteiger charge is -1.95. The average molecular weight is 262 g/mol. The van der Waals surface area contributed by atoms with E-state index in [0.29, 0.717) is 16.5 Å². The Morgan fingerprint density at radius 2 is 2.11 bits per heavy atom. The van der Waals surface area contributed by atoms with Gasteiger partial charge in [-0.25, -0.2) is 4.39 Å². The number of imide groups is 1. The molecule has 0 atom stereocenters. The highest BCUT2D eigenvalue weighted by molar-refractivity contribution is 8.18. The van der Waals surface area contributed by atoms with Crippen molar-refractivity contribution in [2.24, 2.45) is 0 Å². The second-order valence-corrected chi connectivity index (χ2v) is 4.77. The monoisotopic (exact) mass is 262 g/mol. The Balaban J connectivity index is 2.14. The van der Waals surface area contributed by atoms with Gasteiger partial charge in [-0.05, 0) is 30.0 Å². The van der Waals surface area contributed by atoms with E-state index in [1.165, 1.54) is 12.1 Å². The fourth-order valence-corrected chi connectivity index (χ4v) is 2.51. The van der Waals surface area contributed by atoms with Crippen LogP contribution in [0.2, 0.25) is 0 Å². The summed E-state index contributed by atoms with van der Waals surface area (Å²) in [4.78, 5) is 25.6. The van der Waals surface area contributed by atoms with E-state index in [0.717, 1.165) is 11.8 Å². The van der Waals surface area contributed by atoms with Crippen LogP contribution in [-0.2, 0) is 4.79 Å². The number of hydrogen-bond donors (Lipinski definition) is 2. The molecule has 0 saturated carbocycles. The van der Waals surface area contributed by atoms with Crippen LogP contribution in [0, 0.1) is 5.82 Å². The molecule has 3 rings (SSSR count). The number of amides is 2. The summed E-state index contributed by atoms with van der Waals surface area (Å²) in [5.41, 5.74) is 1.20. The number of hydrogen-bond acceptors (Lipinski definition) is 3. The fourth-order valence-electron chi connectivity index (χ4n) is 1.84. The van der Waals surface area contributed by atoms with E-state index >= 15 is 0 Å². The normalized spacial score (nSPS) is 17.7. The molecule has 1 aromatic heterocycles. The summed E-state index contributed by atoms with van der Waals surface area (Å²) in [5, 5.41) is 2.16. The minimum absolute atomic E-state index is 0.268. The van der Waals surface area contributed by atoms with Crippen LogP contribution in [-0.4, -0.2) is 16.1 Å². The van der Waals surface area contributed by atoms with Crippen molar-refractivity contribution in [3.05, 3.63) is 40.7 Å². The van der Waals surface area contributed by atoms with Crippen molar-refractivity contribution in [2.45, 2.75) is 0 Å². The van der Waals surface area contributed by atoms with Gasteiger partial charge in [0.05, 0.1) is 4.91 Å². The third-order valence-electron chi connectivity index (χ3n) is 2.61. The number of fused-ring (bicyclic) bond motifs is 1. The number of thioether (sulfide) groups is 1. The molecule has 0 spiro atoms. The first-order valence-corrected chi connectivity index (χ1v) is 5.97. The van der Waals surface area contributed by atoms with Crippen LogP contribution in [0.5, 0.6) is 0 Å². The highest BCUT2D eigenvalue weighted by atomic mass is 32.2. The third-order valence-corrected chi connectivity index (χ3v) is 3.42. The third kappa shape index (κ3) is 1.70. The Labute approximate surface area is 105 Å². The number of aromatic amines is 1. The molecule has 1 aliphatic heterocycles. The van der Waals surface area contributed by atoms with Gasteiger partial charge < -0.3 is 4.98 Å². The first-order valence-electron chi connectivity index (χ1n) is 5.15. The fraction of sp³-hybridized carbons (Fsp3) is 0. The van der Waals surface area contributed by atoms with E-state index in [2.05, 4.69) is 10.3 Å². The van der Waals surface area contributed by atoms with E-state index in [1.807, 2.05) is 0 Å². The average Bonchev–Trinajstić information content (AvgIpc) is 2.85. The maximum atomic E-state index is 13.7. The maximum Gasteiger partial charge on any atom is 0.290 e. The van der Waals surface area contributed by atoms with Crippen LogP contribution in [0.25, 0.3) is 17.0 Å². The van der Waals surface area contributed by atoms with Gasteiger partial charge in [-0.2, -0.15) is 0 Å². The SMILES string of the molecule is O=C1NC(=O)/C(=C/c2c[nH]c3cccc(F)c23)S1. The molecular formula is C12H7FN2O2S. The summed E-state index contributed by atoms with van der Waals surface area (Å²) >= 11 is 0.812. The van der Waals surface area contributed by atoms with Gasteiger partial charge in [0.15, 0.2) is 0 Å². The highest BCUT2D eigenvalue weighted by Crippen LogP contribution is 2.29. The molecule has 1 saturated heterocycles. The predicted molar refractivity (Wildman–Crippen MR) is 67.4 cm³/mol. The topological polar surface area (TPSA) is 62.0 Å². The van der Waals surface area contributed by atoms with Crippen molar-refractivity contribution in [1.82, 2.24) is 10.3 Å². The lowest BCUT2D eigenvalue weighted by Crippen LogP contribution is -2.17. The molecule has 90 valence electrons. The van der Waals surface area contributed by atoms with Crippen LogP contribution in [0.4, 0.5) is 9.18 Å². The number of halogens is 1. The van der Waals surface area contributed by atoms with Crippen LogP contribution >= 0.6 is 11.8 Å². The van der Waals surface area contributed by atoms with Crippen molar-refractivity contribution in [3.8, 4) is 0 Å². The molecule has 0 radical (unpaired) electrons. The highest BCUT2D eigenvalue weighted by Gasteiger charge is 2.25. The molecule has 0 bridgehead atoms. The van der Waals surface area contributed by atoms with E-state index in [1.54, 1.807) is 18.3 Å². The van der Waals surface area contributed by atoms with Gasteiger partial charge in [0.1, 0.15) is 5.82 Å². The van der Waals surface area contributed by atoms with Gasteiger partial charge in [0.2, 0.25) is 0 Å². The number of H-pyrrole nitrogens is 1. The van der Waals surface area contributed by atoms with Gasteiger partial charge in [-0.3, -0.25) is 14.9 Å². The van der Waals surface area contributed by atoms with Gasteiger partial charge in [0, 0.05) is 22.7 Å². The maximum absolute atomic E-state index is 13.7. The molecule has 18 heavy (non-hydrogen) atoms.